The molecule has 5 atom stereocenters. The monoisotopic (exact) mass is 825 g/mol. The molecule has 1 saturated heterocycles. The molecule has 0 bridgehead atoms. The van der Waals surface area contributed by atoms with Crippen molar-refractivity contribution in [1.29, 1.82) is 0 Å². The van der Waals surface area contributed by atoms with Gasteiger partial charge in [0.25, 0.3) is 0 Å². The van der Waals surface area contributed by atoms with E-state index in [0.29, 0.717) is 25.0 Å². The number of phosphoric ester groups is 1. The number of allylic oxidation sites excluding steroid dienone is 8. The summed E-state index contributed by atoms with van der Waals surface area (Å²) in [6.45, 7) is 4.47. The molecule has 1 aliphatic rings. The Kier molecular flexibility index (Phi) is 32.8. The summed E-state index contributed by atoms with van der Waals surface area (Å²) in [5, 5.41) is 18.3. The lowest BCUT2D eigenvalue weighted by Gasteiger charge is -2.20. The van der Waals surface area contributed by atoms with E-state index in [1.54, 1.807) is 0 Å². The van der Waals surface area contributed by atoms with Crippen LogP contribution in [0.5, 0.6) is 0 Å². The van der Waals surface area contributed by atoms with E-state index in [4.69, 9.17) is 23.8 Å². The van der Waals surface area contributed by atoms with Crippen molar-refractivity contribution in [3.63, 3.8) is 0 Å². The lowest BCUT2D eigenvalue weighted by atomic mass is 10.0. The lowest BCUT2D eigenvalue weighted by Crippen LogP contribution is -2.29. The molecule has 0 aromatic carbocycles. The second kappa shape index (κ2) is 35.6. The number of rotatable bonds is 38. The van der Waals surface area contributed by atoms with Crippen molar-refractivity contribution in [1.82, 2.24) is 0 Å². The Morgan fingerprint density at radius 3 is 1.74 bits per heavy atom. The molecule has 1 aliphatic heterocycles. The van der Waals surface area contributed by atoms with E-state index in [2.05, 4.69) is 73.9 Å². The third-order valence-electron chi connectivity index (χ3n) is 9.28. The number of hydrogen-bond donors (Lipinski definition) is 3. The molecule has 1 fully saturated rings. The molecule has 0 radical (unpaired) electrons. The second-order valence-corrected chi connectivity index (χ2v) is 16.7. The Balaban J connectivity index is 2.29. The minimum atomic E-state index is -4.64. The van der Waals surface area contributed by atoms with E-state index in [0.717, 1.165) is 63.7 Å². The summed E-state index contributed by atoms with van der Waals surface area (Å²) in [7, 11) is -4.64. The first-order chi connectivity index (χ1) is 27.6. The van der Waals surface area contributed by atoms with E-state index in [1.807, 2.05) is 12.2 Å². The molecule has 1 heterocycles. The zero-order chi connectivity index (χ0) is 41.8. The quantitative estimate of drug-likeness (QED) is 0.0179. The molecule has 0 saturated carbocycles. The molecule has 0 aromatic rings. The van der Waals surface area contributed by atoms with Crippen LogP contribution in [0.4, 0.5) is 0 Å². The number of epoxide rings is 1. The highest BCUT2D eigenvalue weighted by molar-refractivity contribution is 7.47. The Morgan fingerprint density at radius 1 is 0.667 bits per heavy atom. The van der Waals surface area contributed by atoms with Gasteiger partial charge in [0.15, 0.2) is 6.10 Å². The van der Waals surface area contributed by atoms with Crippen LogP contribution < -0.4 is 0 Å². The normalized spacial score (nSPS) is 18.1. The largest absolute Gasteiger partial charge is 0.472 e. The van der Waals surface area contributed by atoms with Crippen molar-refractivity contribution in [2.75, 3.05) is 26.4 Å². The minimum absolute atomic E-state index is 0.111. The van der Waals surface area contributed by atoms with Gasteiger partial charge >= 0.3 is 19.8 Å². The van der Waals surface area contributed by atoms with Gasteiger partial charge in [-0.1, -0.05) is 152 Å². The first kappa shape index (κ1) is 52.6. The molecule has 328 valence electrons. The highest BCUT2D eigenvalue weighted by atomic mass is 31.2. The van der Waals surface area contributed by atoms with Gasteiger partial charge in [-0.25, -0.2) is 4.57 Å². The van der Waals surface area contributed by atoms with Gasteiger partial charge in [0.05, 0.1) is 32.0 Å². The fraction of sp³-hybridized carbons (Fsp3) is 0.733. The van der Waals surface area contributed by atoms with Gasteiger partial charge in [-0.2, -0.15) is 0 Å². The van der Waals surface area contributed by atoms with E-state index in [1.165, 1.54) is 51.4 Å². The summed E-state index contributed by atoms with van der Waals surface area (Å²) in [5.41, 5.74) is 0. The van der Waals surface area contributed by atoms with E-state index < -0.39 is 51.8 Å². The average molecular weight is 825 g/mol. The summed E-state index contributed by atoms with van der Waals surface area (Å²) in [6.07, 6.45) is 39.6. The van der Waals surface area contributed by atoms with E-state index >= 15 is 0 Å². The maximum Gasteiger partial charge on any atom is 0.472 e. The van der Waals surface area contributed by atoms with Gasteiger partial charge in [-0.15, -0.1) is 0 Å². The summed E-state index contributed by atoms with van der Waals surface area (Å²) in [4.78, 5) is 35.0. The van der Waals surface area contributed by atoms with Crippen molar-refractivity contribution in [3.8, 4) is 0 Å². The number of carbonyl (C=O) groups is 2. The third kappa shape index (κ3) is 34.2. The number of aliphatic hydroxyl groups is 2. The smallest absolute Gasteiger partial charge is 0.462 e. The predicted molar refractivity (Wildman–Crippen MR) is 227 cm³/mol. The number of phosphoric acid groups is 1. The standard InChI is InChI=1S/C45H77O11P/c1-4-5-25-31-42-43(56-42)32-27-22-18-14-10-6-7-11-15-19-23-28-33-44(48)52-37-41(38-54-57(50,51)53-36-40(47)35-46)55-45(49)34-29-24-20-16-12-8-9-13-17-21-26-30-39(2)3/h5,7,10-11,14,19,22-23,25,27,39-43,46-47H,4,6,8-9,12-13,15-18,20-21,24,26,28-38H2,1-3H3,(H,50,51)/b11-7-,14-10-,23-19-,25-5-,27-22-/t40-,41+,42?,43?/m0/s1. The number of ether oxygens (including phenoxy) is 3. The summed E-state index contributed by atoms with van der Waals surface area (Å²) in [5.74, 6) is -0.239. The van der Waals surface area contributed by atoms with Crippen LogP contribution in [0.2, 0.25) is 0 Å². The lowest BCUT2D eigenvalue weighted by molar-refractivity contribution is -0.161. The molecule has 1 rings (SSSR count). The number of hydrogen-bond acceptors (Lipinski definition) is 10. The van der Waals surface area contributed by atoms with Crippen LogP contribution in [0, 0.1) is 5.92 Å². The fourth-order valence-electron chi connectivity index (χ4n) is 5.83. The van der Waals surface area contributed by atoms with E-state index in [-0.39, 0.29) is 19.4 Å². The van der Waals surface area contributed by atoms with Crippen molar-refractivity contribution in [2.45, 2.75) is 180 Å². The zero-order valence-electron chi connectivity index (χ0n) is 35.4. The molecule has 12 heteroatoms. The topological polar surface area (TPSA) is 161 Å². The van der Waals surface area contributed by atoms with Crippen LogP contribution in [0.25, 0.3) is 0 Å². The minimum Gasteiger partial charge on any atom is -0.462 e. The molecular weight excluding hydrogens is 747 g/mol. The van der Waals surface area contributed by atoms with Crippen LogP contribution in [0.3, 0.4) is 0 Å². The predicted octanol–water partition coefficient (Wildman–Crippen LogP) is 10.3. The molecule has 11 nitrogen and oxygen atoms in total. The number of esters is 2. The molecule has 0 aliphatic carbocycles. The van der Waals surface area contributed by atoms with Crippen molar-refractivity contribution in [3.05, 3.63) is 60.8 Å². The van der Waals surface area contributed by atoms with Crippen molar-refractivity contribution >= 4 is 19.8 Å². The second-order valence-electron chi connectivity index (χ2n) is 15.2. The molecule has 3 N–H and O–H groups in total. The first-order valence-electron chi connectivity index (χ1n) is 21.7. The molecule has 0 aromatic heterocycles. The van der Waals surface area contributed by atoms with Gasteiger partial charge in [0.2, 0.25) is 0 Å². The fourth-order valence-corrected chi connectivity index (χ4v) is 6.62. The molecule has 57 heavy (non-hydrogen) atoms. The molecule has 0 amide bonds. The van der Waals surface area contributed by atoms with Gasteiger partial charge in [-0.3, -0.25) is 18.6 Å². The molecule has 3 unspecified atom stereocenters. The zero-order valence-corrected chi connectivity index (χ0v) is 36.3. The highest BCUT2D eigenvalue weighted by Gasteiger charge is 2.36. The Hall–Kier alpha value is -2.37. The number of aliphatic hydroxyl groups excluding tert-OH is 2. The van der Waals surface area contributed by atoms with Crippen LogP contribution in [0.15, 0.2) is 60.8 Å². The van der Waals surface area contributed by atoms with Crippen LogP contribution >= 0.6 is 7.82 Å². The highest BCUT2D eigenvalue weighted by Crippen LogP contribution is 2.43. The first-order valence-corrected chi connectivity index (χ1v) is 23.2. The maximum atomic E-state index is 12.6. The average Bonchev–Trinajstić information content (AvgIpc) is 3.94. The van der Waals surface area contributed by atoms with Crippen LogP contribution in [-0.4, -0.2) is 77.9 Å². The maximum absolute atomic E-state index is 12.6. The number of unbranched alkanes of at least 4 members (excludes halogenated alkanes) is 10. The Labute approximate surface area is 344 Å². The van der Waals surface area contributed by atoms with Gasteiger partial charge < -0.3 is 29.3 Å². The van der Waals surface area contributed by atoms with Crippen LogP contribution in [0.1, 0.15) is 156 Å². The van der Waals surface area contributed by atoms with Gasteiger partial charge in [0.1, 0.15) is 12.7 Å². The molecule has 0 spiro atoms. The van der Waals surface area contributed by atoms with Crippen molar-refractivity contribution < 1.29 is 52.5 Å². The molecular formula is C45H77O11P. The van der Waals surface area contributed by atoms with Crippen molar-refractivity contribution in [2.24, 2.45) is 5.92 Å². The van der Waals surface area contributed by atoms with Gasteiger partial charge in [-0.05, 0) is 57.3 Å². The third-order valence-corrected chi connectivity index (χ3v) is 10.2. The van der Waals surface area contributed by atoms with Crippen LogP contribution in [-0.2, 0) is 37.4 Å². The van der Waals surface area contributed by atoms with Gasteiger partial charge in [0, 0.05) is 12.8 Å². The number of carbonyl (C=O) groups excluding carboxylic acids is 2. The summed E-state index contributed by atoms with van der Waals surface area (Å²) >= 11 is 0. The summed E-state index contributed by atoms with van der Waals surface area (Å²) < 4.78 is 38.3. The summed E-state index contributed by atoms with van der Waals surface area (Å²) in [6, 6.07) is 0. The van der Waals surface area contributed by atoms with E-state index in [9.17, 15) is 24.2 Å². The SMILES string of the molecule is CC/C=C\CC1OC1C/C=C\C/C=C\C/C=C\C/C=C\CCC(=O)OC[C@H](COP(=O)(O)OC[C@@H](O)CO)OC(=O)CCCCCCCCCCCCCC(C)C. The Bertz CT molecular complexity index is 1210. The Morgan fingerprint density at radius 2 is 1.18 bits per heavy atom.